The smallest absolute Gasteiger partial charge is 0.330 e. The largest absolute Gasteiger partial charge is 0.373 e. The van der Waals surface area contributed by atoms with Crippen molar-refractivity contribution in [1.29, 1.82) is 0 Å². The summed E-state index contributed by atoms with van der Waals surface area (Å²) in [4.78, 5) is 0. The lowest BCUT2D eigenvalue weighted by molar-refractivity contribution is -0.167. The summed E-state index contributed by atoms with van der Waals surface area (Å²) in [5, 5.41) is 7.30. The highest BCUT2D eigenvalue weighted by molar-refractivity contribution is 6.31. The van der Waals surface area contributed by atoms with Crippen molar-refractivity contribution in [2.24, 2.45) is 0 Å². The fraction of sp³-hybridized carbons (Fsp3) is 0.750. The molecule has 0 spiro atoms. The third kappa shape index (κ3) is 4.55. The molecule has 21 heavy (non-hydrogen) atoms. The van der Waals surface area contributed by atoms with Crippen molar-refractivity contribution in [2.75, 3.05) is 20.3 Å². The van der Waals surface area contributed by atoms with Crippen LogP contribution in [0.25, 0.3) is 0 Å². The molecule has 0 aromatic carbocycles. The second kappa shape index (κ2) is 7.42. The van der Waals surface area contributed by atoms with Gasteiger partial charge >= 0.3 is 12.3 Å². The first-order chi connectivity index (χ1) is 9.70. The zero-order valence-electron chi connectivity index (χ0n) is 11.9. The van der Waals surface area contributed by atoms with Gasteiger partial charge in [0.25, 0.3) is 0 Å². The van der Waals surface area contributed by atoms with Crippen molar-refractivity contribution in [3.8, 4) is 0 Å². The summed E-state index contributed by atoms with van der Waals surface area (Å²) in [7, 11) is 1.59. The first kappa shape index (κ1) is 18.2. The molecule has 0 saturated carbocycles. The SMILES string of the molecule is CNC(COCC(F)(F)C(F)F)c1c(Cl)cnn1C(C)C. The number of aromatic nitrogens is 2. The minimum absolute atomic E-state index is 0.00542. The summed E-state index contributed by atoms with van der Waals surface area (Å²) in [5.41, 5.74) is 0.564. The van der Waals surface area contributed by atoms with E-state index in [0.29, 0.717) is 10.7 Å². The maximum atomic E-state index is 12.8. The number of alkyl halides is 4. The molecule has 1 rings (SSSR count). The second-order valence-electron chi connectivity index (χ2n) is 4.83. The van der Waals surface area contributed by atoms with Gasteiger partial charge in [-0.25, -0.2) is 8.78 Å². The highest BCUT2D eigenvalue weighted by Gasteiger charge is 2.41. The highest BCUT2D eigenvalue weighted by Crippen LogP contribution is 2.27. The summed E-state index contributed by atoms with van der Waals surface area (Å²) in [6.07, 6.45) is -2.31. The molecule has 0 aliphatic rings. The van der Waals surface area contributed by atoms with Crippen molar-refractivity contribution in [1.82, 2.24) is 15.1 Å². The Balaban J connectivity index is 2.75. The second-order valence-corrected chi connectivity index (χ2v) is 5.24. The number of nitrogens with one attached hydrogen (secondary N) is 1. The van der Waals surface area contributed by atoms with E-state index in [1.807, 2.05) is 13.8 Å². The molecule has 0 fully saturated rings. The predicted octanol–water partition coefficient (Wildman–Crippen LogP) is 3.29. The van der Waals surface area contributed by atoms with E-state index in [1.165, 1.54) is 6.20 Å². The topological polar surface area (TPSA) is 39.1 Å². The number of hydrogen-bond donors (Lipinski definition) is 1. The summed E-state index contributed by atoms with van der Waals surface area (Å²) >= 11 is 6.03. The van der Waals surface area contributed by atoms with Crippen LogP contribution in [0.2, 0.25) is 5.02 Å². The van der Waals surface area contributed by atoms with E-state index in [4.69, 9.17) is 16.3 Å². The summed E-state index contributed by atoms with van der Waals surface area (Å²) in [6, 6.07) is -0.526. The molecule has 1 aromatic rings. The number of rotatable bonds is 8. The number of hydrogen-bond acceptors (Lipinski definition) is 3. The third-order valence-electron chi connectivity index (χ3n) is 2.85. The molecule has 122 valence electrons. The van der Waals surface area contributed by atoms with Gasteiger partial charge in [0.1, 0.15) is 6.61 Å². The summed E-state index contributed by atoms with van der Waals surface area (Å²) in [6.45, 7) is 2.18. The molecule has 4 nitrogen and oxygen atoms in total. The van der Waals surface area contributed by atoms with Crippen molar-refractivity contribution >= 4 is 11.6 Å². The van der Waals surface area contributed by atoms with Crippen LogP contribution < -0.4 is 5.32 Å². The Morgan fingerprint density at radius 3 is 2.52 bits per heavy atom. The van der Waals surface area contributed by atoms with E-state index in [2.05, 4.69) is 10.4 Å². The monoisotopic (exact) mass is 331 g/mol. The van der Waals surface area contributed by atoms with Crippen LogP contribution in [0.5, 0.6) is 0 Å². The summed E-state index contributed by atoms with van der Waals surface area (Å²) in [5.74, 6) is -4.17. The zero-order chi connectivity index (χ0) is 16.2. The van der Waals surface area contributed by atoms with Gasteiger partial charge in [0.2, 0.25) is 0 Å². The van der Waals surface area contributed by atoms with Gasteiger partial charge in [-0.15, -0.1) is 0 Å². The molecule has 0 radical (unpaired) electrons. The van der Waals surface area contributed by atoms with Gasteiger partial charge in [0, 0.05) is 6.04 Å². The van der Waals surface area contributed by atoms with Crippen molar-refractivity contribution in [3.05, 3.63) is 16.9 Å². The zero-order valence-corrected chi connectivity index (χ0v) is 12.7. The molecule has 0 bridgehead atoms. The number of halogens is 5. The van der Waals surface area contributed by atoms with Crippen molar-refractivity contribution in [2.45, 2.75) is 38.3 Å². The standard InChI is InChI=1S/C12H18ClF4N3O/c1-7(2)20-10(8(13)4-19-20)9(18-3)5-21-6-12(16,17)11(14)15/h4,7,9,11,18H,5-6H2,1-3H3. The quantitative estimate of drug-likeness (QED) is 0.743. The van der Waals surface area contributed by atoms with Crippen LogP contribution in [0, 0.1) is 0 Å². The average Bonchev–Trinajstić information content (AvgIpc) is 2.76. The molecule has 0 aliphatic heterocycles. The minimum Gasteiger partial charge on any atom is -0.373 e. The molecule has 0 amide bonds. The van der Waals surface area contributed by atoms with E-state index >= 15 is 0 Å². The number of likely N-dealkylation sites (N-methyl/N-ethyl adjacent to an activating group) is 1. The third-order valence-corrected chi connectivity index (χ3v) is 3.14. The van der Waals surface area contributed by atoms with Crippen molar-refractivity contribution < 1.29 is 22.3 Å². The number of nitrogens with zero attached hydrogens (tertiary/aromatic N) is 2. The molecular weight excluding hydrogens is 314 g/mol. The Kier molecular flexibility index (Phi) is 6.42. The fourth-order valence-electron chi connectivity index (χ4n) is 1.76. The molecular formula is C12H18ClF4N3O. The molecule has 9 heteroatoms. The van der Waals surface area contributed by atoms with Gasteiger partial charge in [-0.1, -0.05) is 11.6 Å². The normalized spacial score (nSPS) is 14.2. The molecule has 1 aromatic heterocycles. The highest BCUT2D eigenvalue weighted by atomic mass is 35.5. The molecule has 0 aliphatic carbocycles. The lowest BCUT2D eigenvalue weighted by Gasteiger charge is -2.22. The van der Waals surface area contributed by atoms with Crippen LogP contribution in [-0.4, -0.2) is 42.4 Å². The van der Waals surface area contributed by atoms with Gasteiger partial charge < -0.3 is 10.1 Å². The van der Waals surface area contributed by atoms with Gasteiger partial charge in [-0.05, 0) is 20.9 Å². The van der Waals surface area contributed by atoms with Gasteiger partial charge in [-0.2, -0.15) is 13.9 Å². The van der Waals surface area contributed by atoms with Crippen LogP contribution in [0.15, 0.2) is 6.20 Å². The Hall–Kier alpha value is -0.860. The molecule has 1 atom stereocenters. The maximum Gasteiger partial charge on any atom is 0.330 e. The van der Waals surface area contributed by atoms with E-state index < -0.39 is 25.0 Å². The molecule has 0 saturated heterocycles. The van der Waals surface area contributed by atoms with Gasteiger partial charge in [0.15, 0.2) is 0 Å². The van der Waals surface area contributed by atoms with E-state index in [0.717, 1.165) is 0 Å². The van der Waals surface area contributed by atoms with Crippen molar-refractivity contribution in [3.63, 3.8) is 0 Å². The first-order valence-electron chi connectivity index (χ1n) is 6.34. The fourth-order valence-corrected chi connectivity index (χ4v) is 2.03. The Morgan fingerprint density at radius 1 is 1.43 bits per heavy atom. The van der Waals surface area contributed by atoms with E-state index in [9.17, 15) is 17.6 Å². The Bertz CT molecular complexity index is 454. The van der Waals surface area contributed by atoms with Gasteiger partial charge in [0.05, 0.1) is 29.6 Å². The van der Waals surface area contributed by atoms with Crippen LogP contribution >= 0.6 is 11.6 Å². The van der Waals surface area contributed by atoms with Crippen LogP contribution in [0.1, 0.15) is 31.6 Å². The molecule has 1 N–H and O–H groups in total. The lowest BCUT2D eigenvalue weighted by Crippen LogP contribution is -2.34. The first-order valence-corrected chi connectivity index (χ1v) is 6.72. The van der Waals surface area contributed by atoms with E-state index in [1.54, 1.807) is 11.7 Å². The lowest BCUT2D eigenvalue weighted by atomic mass is 10.2. The van der Waals surface area contributed by atoms with Crippen LogP contribution in [0.3, 0.4) is 0 Å². The van der Waals surface area contributed by atoms with Crippen LogP contribution in [-0.2, 0) is 4.74 Å². The van der Waals surface area contributed by atoms with Crippen LogP contribution in [0.4, 0.5) is 17.6 Å². The Labute approximate surface area is 125 Å². The Morgan fingerprint density at radius 2 is 2.05 bits per heavy atom. The predicted molar refractivity (Wildman–Crippen MR) is 71.2 cm³/mol. The van der Waals surface area contributed by atoms with E-state index in [-0.39, 0.29) is 12.6 Å². The summed E-state index contributed by atoms with van der Waals surface area (Å²) < 4.78 is 56.0. The maximum absolute atomic E-state index is 12.8. The minimum atomic E-state index is -4.17. The number of ether oxygens (including phenoxy) is 1. The van der Waals surface area contributed by atoms with Gasteiger partial charge in [-0.3, -0.25) is 4.68 Å². The molecule has 1 unspecified atom stereocenters. The average molecular weight is 332 g/mol. The molecule has 1 heterocycles.